The van der Waals surface area contributed by atoms with E-state index in [4.69, 9.17) is 8.53 Å². The van der Waals surface area contributed by atoms with Gasteiger partial charge in [0.25, 0.3) is 5.97 Å². The maximum atomic E-state index is 11.0. The van der Waals surface area contributed by atoms with Crippen LogP contribution in [0.5, 0.6) is 0 Å². The van der Waals surface area contributed by atoms with E-state index in [0.717, 1.165) is 13.0 Å². The predicted molar refractivity (Wildman–Crippen MR) is 69.6 cm³/mol. The van der Waals surface area contributed by atoms with Crippen molar-refractivity contribution in [1.82, 2.24) is 0 Å². The minimum Gasteiger partial charge on any atom is -0.618 e. The predicted octanol–water partition coefficient (Wildman–Crippen LogP) is 1.60. The van der Waals surface area contributed by atoms with Gasteiger partial charge in [0, 0.05) is 13.5 Å². The molecule has 0 N–H and O–H groups in total. The molecule has 1 fully saturated rings. The van der Waals surface area contributed by atoms with E-state index in [0.29, 0.717) is 0 Å². The van der Waals surface area contributed by atoms with Crippen molar-refractivity contribution in [2.24, 2.45) is 0 Å². The van der Waals surface area contributed by atoms with Gasteiger partial charge < -0.3 is 8.53 Å². The standard InChI is InChI=1S/C9H19OSi.C2H4O2.Al.H/c1-3-8-11(2)9-6-4-5-7-10-9;1-2(3)4;;/h11H,3-8H2,1-2H3;1H3,(H,3,4);;/q;;+1;/p-1. The van der Waals surface area contributed by atoms with Crippen LogP contribution in [0.25, 0.3) is 0 Å². The smallest absolute Gasteiger partial charge is 0.555 e. The lowest BCUT2D eigenvalue weighted by atomic mass is 10.2. The summed E-state index contributed by atoms with van der Waals surface area (Å²) >= 11 is -0.867. The summed E-state index contributed by atoms with van der Waals surface area (Å²) in [6.07, 6.45) is 4.78. The fourth-order valence-corrected chi connectivity index (χ4v) is 8.00. The van der Waals surface area contributed by atoms with Crippen LogP contribution < -0.4 is 0 Å². The number of carbonyl (C=O) groups is 1. The normalized spacial score (nSPS) is 27.2. The topological polar surface area (TPSA) is 35.5 Å². The highest BCUT2D eigenvalue weighted by atomic mass is 28.3. The molecule has 1 aliphatic heterocycles. The third-order valence-electron chi connectivity index (χ3n) is 3.52. The number of hydrogen-bond donors (Lipinski definition) is 0. The second-order valence-electron chi connectivity index (χ2n) is 4.84. The maximum Gasteiger partial charge on any atom is 0.555 e. The summed E-state index contributed by atoms with van der Waals surface area (Å²) in [6, 6.07) is 1.30. The first-order valence-corrected chi connectivity index (χ1v) is 10.2. The molecule has 0 spiro atoms. The zero-order chi connectivity index (χ0) is 12.0. The molecule has 0 amide bonds. The van der Waals surface area contributed by atoms with Crippen LogP contribution in [-0.2, 0) is 13.3 Å². The molecule has 3 nitrogen and oxygen atoms in total. The lowest BCUT2D eigenvalue weighted by Gasteiger charge is -2.40. The van der Waals surface area contributed by atoms with E-state index in [9.17, 15) is 4.79 Å². The molecule has 0 radical (unpaired) electrons. The van der Waals surface area contributed by atoms with Gasteiger partial charge in [-0.3, -0.25) is 4.79 Å². The van der Waals surface area contributed by atoms with Gasteiger partial charge in [0.15, 0.2) is 0 Å². The largest absolute Gasteiger partial charge is 0.618 e. The zero-order valence-corrected chi connectivity index (χ0v) is 13.3. The molecule has 2 atom stereocenters. The summed E-state index contributed by atoms with van der Waals surface area (Å²) in [5.41, 5.74) is 0. The average Bonchev–Trinajstić information content (AvgIpc) is 2.28. The first kappa shape index (κ1) is 14.2. The van der Waals surface area contributed by atoms with Crippen molar-refractivity contribution < 1.29 is 13.3 Å². The van der Waals surface area contributed by atoms with Crippen LogP contribution in [0.4, 0.5) is 0 Å². The monoisotopic (exact) mass is 258 g/mol. The fourth-order valence-electron chi connectivity index (χ4n) is 2.44. The van der Waals surface area contributed by atoms with E-state index in [1.165, 1.54) is 32.2 Å². The summed E-state index contributed by atoms with van der Waals surface area (Å²) in [7, 11) is -0.916. The van der Waals surface area contributed by atoms with Gasteiger partial charge in [-0.05, 0) is 19.3 Å². The third-order valence-corrected chi connectivity index (χ3v) is 11.4. The highest BCUT2D eigenvalue weighted by Crippen LogP contribution is 2.29. The Labute approximate surface area is 107 Å². The van der Waals surface area contributed by atoms with Gasteiger partial charge in [-0.2, -0.15) is 0 Å². The van der Waals surface area contributed by atoms with E-state index in [-0.39, 0.29) is 10.1 Å². The summed E-state index contributed by atoms with van der Waals surface area (Å²) in [5.74, 6) is -0.127. The van der Waals surface area contributed by atoms with Crippen molar-refractivity contribution in [3.8, 4) is 0 Å². The average molecular weight is 258 g/mol. The second-order valence-corrected chi connectivity index (χ2v) is 10.9. The van der Waals surface area contributed by atoms with Gasteiger partial charge in [-0.15, -0.1) is 0 Å². The van der Waals surface area contributed by atoms with Crippen LogP contribution in [0.1, 0.15) is 39.5 Å². The molecule has 0 aromatic rings. The Kier molecular flexibility index (Phi) is 6.06. The molecule has 1 aliphatic rings. The molecule has 0 aromatic heterocycles. The lowest BCUT2D eigenvalue weighted by molar-refractivity contribution is -0.132. The van der Waals surface area contributed by atoms with E-state index >= 15 is 0 Å². The molecule has 1 rings (SSSR count). The van der Waals surface area contributed by atoms with Gasteiger partial charge in [0.1, 0.15) is 0 Å². The molecule has 2 unspecified atom stereocenters. The summed E-state index contributed by atoms with van der Waals surface area (Å²) in [4.78, 5) is 11.0. The Hall–Kier alpha value is 0.179. The van der Waals surface area contributed by atoms with E-state index in [2.05, 4.69) is 13.5 Å². The summed E-state index contributed by atoms with van der Waals surface area (Å²) < 4.78 is 11.5. The first-order chi connectivity index (χ1) is 7.60. The fraction of sp³-hybridized carbons (Fsp3) is 0.909. The molecular formula is C11H23AlO3Si. The van der Waals surface area contributed by atoms with Crippen LogP contribution in [0.15, 0.2) is 0 Å². The van der Waals surface area contributed by atoms with Gasteiger partial charge in [-0.25, -0.2) is 0 Å². The first-order valence-electron chi connectivity index (χ1n) is 6.38. The van der Waals surface area contributed by atoms with Gasteiger partial charge >= 0.3 is 15.6 Å². The molecule has 5 heteroatoms. The van der Waals surface area contributed by atoms with Crippen molar-refractivity contribution in [2.45, 2.75) is 56.2 Å². The minimum atomic E-state index is -0.916. The number of rotatable bonds is 5. The van der Waals surface area contributed by atoms with Crippen LogP contribution in [0.3, 0.4) is 0 Å². The number of ether oxygens (including phenoxy) is 1. The molecule has 0 aliphatic carbocycles. The number of carbonyl (C=O) groups excluding carboxylic acids is 1. The number of hydrogen-bond acceptors (Lipinski definition) is 3. The van der Waals surface area contributed by atoms with Crippen molar-refractivity contribution in [2.75, 3.05) is 6.61 Å². The SMILES string of the molecule is CCC[SiH](C)[C]1([AlH][O]C(C)=O)CCCCO1. The molecule has 92 valence electrons. The van der Waals surface area contributed by atoms with Crippen LogP contribution in [-0.4, -0.2) is 41.0 Å². The Bertz CT molecular complexity index is 229. The molecule has 1 saturated heterocycles. The molecule has 0 bridgehead atoms. The van der Waals surface area contributed by atoms with Crippen molar-refractivity contribution >= 4 is 30.3 Å². The highest BCUT2D eigenvalue weighted by Gasteiger charge is 2.43. The Morgan fingerprint density at radius 1 is 1.56 bits per heavy atom. The van der Waals surface area contributed by atoms with Gasteiger partial charge in [-0.1, -0.05) is 25.9 Å². The Morgan fingerprint density at radius 3 is 2.81 bits per heavy atom. The van der Waals surface area contributed by atoms with Gasteiger partial charge in [0.05, 0.1) is 12.9 Å². The van der Waals surface area contributed by atoms with Crippen LogP contribution in [0, 0.1) is 0 Å². The Morgan fingerprint density at radius 2 is 2.31 bits per heavy atom. The molecule has 0 aromatic carbocycles. The molecule has 1 heterocycles. The molecule has 16 heavy (non-hydrogen) atoms. The van der Waals surface area contributed by atoms with Crippen molar-refractivity contribution in [3.05, 3.63) is 0 Å². The van der Waals surface area contributed by atoms with Crippen molar-refractivity contribution in [3.63, 3.8) is 0 Å². The maximum absolute atomic E-state index is 11.0. The van der Waals surface area contributed by atoms with Gasteiger partial charge in [0.2, 0.25) is 0 Å². The van der Waals surface area contributed by atoms with Crippen LogP contribution >= 0.6 is 0 Å². The van der Waals surface area contributed by atoms with Crippen LogP contribution in [0.2, 0.25) is 12.6 Å². The summed E-state index contributed by atoms with van der Waals surface area (Å²) in [6.45, 7) is 6.99. The quantitative estimate of drug-likeness (QED) is 0.703. The summed E-state index contributed by atoms with van der Waals surface area (Å²) in [5, 5.41) is 0. The lowest BCUT2D eigenvalue weighted by Crippen LogP contribution is -2.54. The van der Waals surface area contributed by atoms with E-state index in [1.54, 1.807) is 0 Å². The highest BCUT2D eigenvalue weighted by molar-refractivity contribution is 6.72. The molecule has 0 saturated carbocycles. The second kappa shape index (κ2) is 6.80. The van der Waals surface area contributed by atoms with Crippen molar-refractivity contribution in [1.29, 1.82) is 0 Å². The minimum absolute atomic E-state index is 0.0555. The zero-order valence-electron chi connectivity index (χ0n) is 10.8. The van der Waals surface area contributed by atoms with E-state index in [1.807, 2.05) is 0 Å². The Balaban J connectivity index is 2.62. The molecular weight excluding hydrogens is 235 g/mol. The third kappa shape index (κ3) is 3.88. The van der Waals surface area contributed by atoms with E-state index < -0.39 is 24.3 Å².